The number of hydrogen-bond acceptors (Lipinski definition) is 2. The molecule has 4 fully saturated rings. The topological polar surface area (TPSA) is 46.2 Å². The highest BCUT2D eigenvalue weighted by Crippen LogP contribution is 2.68. The molecular formula is C27H49NO. The van der Waals surface area contributed by atoms with Gasteiger partial charge in [0.25, 0.3) is 0 Å². The molecule has 168 valence electrons. The van der Waals surface area contributed by atoms with E-state index in [0.29, 0.717) is 29.4 Å². The summed E-state index contributed by atoms with van der Waals surface area (Å²) in [6.07, 6.45) is 16.7. The Morgan fingerprint density at radius 3 is 2.38 bits per heavy atom. The highest BCUT2D eigenvalue weighted by molar-refractivity contribution is 5.09. The second-order valence-electron chi connectivity index (χ2n) is 12.6. The summed E-state index contributed by atoms with van der Waals surface area (Å²) in [6.45, 7) is 10.5. The Labute approximate surface area is 180 Å². The van der Waals surface area contributed by atoms with Gasteiger partial charge in [0.05, 0.1) is 0 Å². The Kier molecular flexibility index (Phi) is 6.45. The van der Waals surface area contributed by atoms with Crippen LogP contribution in [0.3, 0.4) is 0 Å². The van der Waals surface area contributed by atoms with Gasteiger partial charge in [0.2, 0.25) is 0 Å². The number of aliphatic hydroxyl groups is 1. The lowest BCUT2D eigenvalue weighted by atomic mass is 9.44. The quantitative estimate of drug-likeness (QED) is 0.538. The normalized spacial score (nSPS) is 49.0. The lowest BCUT2D eigenvalue weighted by molar-refractivity contribution is -0.116. The highest BCUT2D eigenvalue weighted by Gasteiger charge is 2.60. The summed E-state index contributed by atoms with van der Waals surface area (Å²) in [5, 5.41) is 9.33. The van der Waals surface area contributed by atoms with E-state index in [9.17, 15) is 5.11 Å². The molecule has 0 radical (unpaired) electrons. The lowest BCUT2D eigenvalue weighted by Gasteiger charge is -2.61. The van der Waals surface area contributed by atoms with Gasteiger partial charge in [-0.3, -0.25) is 0 Å². The fraction of sp³-hybridized carbons (Fsp3) is 1.00. The Bertz CT molecular complexity index is 563. The maximum Gasteiger partial charge on any atom is 0.0456 e. The number of aliphatic hydroxyl groups excluding tert-OH is 1. The van der Waals surface area contributed by atoms with Crippen LogP contribution >= 0.6 is 0 Å². The molecule has 3 unspecified atom stereocenters. The second-order valence-corrected chi connectivity index (χ2v) is 12.6. The van der Waals surface area contributed by atoms with E-state index in [1.54, 1.807) is 0 Å². The van der Waals surface area contributed by atoms with Gasteiger partial charge in [0.1, 0.15) is 0 Å². The smallest absolute Gasteiger partial charge is 0.0456 e. The molecule has 4 aliphatic rings. The van der Waals surface area contributed by atoms with E-state index in [0.717, 1.165) is 35.5 Å². The molecule has 0 aromatic carbocycles. The van der Waals surface area contributed by atoms with Gasteiger partial charge in [-0.25, -0.2) is 0 Å². The van der Waals surface area contributed by atoms with Gasteiger partial charge >= 0.3 is 0 Å². The van der Waals surface area contributed by atoms with Crippen LogP contribution in [0.5, 0.6) is 0 Å². The van der Waals surface area contributed by atoms with Crippen LogP contribution in [0.2, 0.25) is 0 Å². The Morgan fingerprint density at radius 1 is 0.897 bits per heavy atom. The SMILES string of the molecule is CC(CO)CCC[C@@H](C)[C@H]1CC[C@H]2[C@@H]3CCC4CC(N)CC[C@]4(C)[C@H]3CC[C@]12C. The van der Waals surface area contributed by atoms with E-state index in [2.05, 4.69) is 27.7 Å². The van der Waals surface area contributed by atoms with Crippen LogP contribution in [0, 0.1) is 52.3 Å². The molecule has 0 saturated heterocycles. The molecule has 0 spiro atoms. The molecule has 4 aliphatic carbocycles. The molecule has 2 heteroatoms. The highest BCUT2D eigenvalue weighted by atomic mass is 16.3. The number of fused-ring (bicyclic) bond motifs is 5. The Hall–Kier alpha value is -0.0800. The van der Waals surface area contributed by atoms with Crippen LogP contribution in [-0.4, -0.2) is 17.8 Å². The number of rotatable bonds is 6. The van der Waals surface area contributed by atoms with Crippen molar-refractivity contribution in [3.63, 3.8) is 0 Å². The van der Waals surface area contributed by atoms with Crippen molar-refractivity contribution in [3.05, 3.63) is 0 Å². The molecule has 0 bridgehead atoms. The van der Waals surface area contributed by atoms with Crippen molar-refractivity contribution in [1.29, 1.82) is 0 Å². The molecular weight excluding hydrogens is 354 g/mol. The third kappa shape index (κ3) is 3.84. The first-order valence-electron chi connectivity index (χ1n) is 13.2. The van der Waals surface area contributed by atoms with E-state index in [4.69, 9.17) is 5.73 Å². The summed E-state index contributed by atoms with van der Waals surface area (Å²) in [5.41, 5.74) is 7.56. The van der Waals surface area contributed by atoms with Gasteiger partial charge in [-0.1, -0.05) is 40.5 Å². The molecule has 29 heavy (non-hydrogen) atoms. The molecule has 0 aromatic rings. The lowest BCUT2D eigenvalue weighted by Crippen LogP contribution is -2.54. The van der Waals surface area contributed by atoms with E-state index in [-0.39, 0.29) is 0 Å². The summed E-state index contributed by atoms with van der Waals surface area (Å²) >= 11 is 0. The first-order valence-corrected chi connectivity index (χ1v) is 13.2. The second kappa shape index (κ2) is 8.45. The average Bonchev–Trinajstić information content (AvgIpc) is 3.05. The van der Waals surface area contributed by atoms with Gasteiger partial charge < -0.3 is 10.8 Å². The maximum atomic E-state index is 9.33. The van der Waals surface area contributed by atoms with Crippen molar-refractivity contribution in [2.75, 3.05) is 6.61 Å². The fourth-order valence-corrected chi connectivity index (χ4v) is 9.35. The zero-order valence-electron chi connectivity index (χ0n) is 19.8. The first kappa shape index (κ1) is 22.1. The molecule has 10 atom stereocenters. The molecule has 4 rings (SSSR count). The first-order chi connectivity index (χ1) is 13.8. The summed E-state index contributed by atoms with van der Waals surface area (Å²) in [5.74, 6) is 6.13. The maximum absolute atomic E-state index is 9.33. The van der Waals surface area contributed by atoms with Crippen molar-refractivity contribution < 1.29 is 5.11 Å². The summed E-state index contributed by atoms with van der Waals surface area (Å²) < 4.78 is 0. The van der Waals surface area contributed by atoms with Crippen LogP contribution in [0.1, 0.15) is 105 Å². The van der Waals surface area contributed by atoms with Gasteiger partial charge in [-0.2, -0.15) is 0 Å². The molecule has 0 heterocycles. The van der Waals surface area contributed by atoms with Crippen LogP contribution < -0.4 is 5.73 Å². The van der Waals surface area contributed by atoms with Gasteiger partial charge in [0.15, 0.2) is 0 Å². The minimum Gasteiger partial charge on any atom is -0.396 e. The van der Waals surface area contributed by atoms with Crippen molar-refractivity contribution in [1.82, 2.24) is 0 Å². The summed E-state index contributed by atoms with van der Waals surface area (Å²) in [6, 6.07) is 0.476. The molecule has 4 saturated carbocycles. The van der Waals surface area contributed by atoms with Crippen molar-refractivity contribution in [2.24, 2.45) is 58.0 Å². The van der Waals surface area contributed by atoms with Crippen LogP contribution in [-0.2, 0) is 0 Å². The van der Waals surface area contributed by atoms with Crippen molar-refractivity contribution in [2.45, 2.75) is 111 Å². The van der Waals surface area contributed by atoms with Crippen LogP contribution in [0.25, 0.3) is 0 Å². The summed E-state index contributed by atoms with van der Waals surface area (Å²) in [4.78, 5) is 0. The minimum atomic E-state index is 0.353. The molecule has 0 aliphatic heterocycles. The van der Waals surface area contributed by atoms with Crippen molar-refractivity contribution in [3.8, 4) is 0 Å². The van der Waals surface area contributed by atoms with Gasteiger partial charge in [0, 0.05) is 12.6 Å². The number of nitrogens with two attached hydrogens (primary N) is 1. The standard InChI is InChI=1S/C27H49NO/c1-18(17-29)6-5-7-19(2)23-10-11-24-22-9-8-20-16-21(28)12-14-26(20,3)25(22)13-15-27(23,24)4/h18-25,29H,5-17,28H2,1-4H3/t18?,19-,20?,21?,22+,23-,24+,25+,26+,27-/m1/s1. The molecule has 2 nitrogen and oxygen atoms in total. The number of hydrogen-bond donors (Lipinski definition) is 2. The minimum absolute atomic E-state index is 0.353. The fourth-order valence-electron chi connectivity index (χ4n) is 9.35. The van der Waals surface area contributed by atoms with Gasteiger partial charge in [-0.15, -0.1) is 0 Å². The van der Waals surface area contributed by atoms with Crippen LogP contribution in [0.15, 0.2) is 0 Å². The largest absolute Gasteiger partial charge is 0.396 e. The van der Waals surface area contributed by atoms with Gasteiger partial charge in [-0.05, 0) is 116 Å². The van der Waals surface area contributed by atoms with Crippen molar-refractivity contribution >= 4 is 0 Å². The zero-order chi connectivity index (χ0) is 20.8. The zero-order valence-corrected chi connectivity index (χ0v) is 19.8. The summed E-state index contributed by atoms with van der Waals surface area (Å²) in [7, 11) is 0. The van der Waals surface area contributed by atoms with Crippen LogP contribution in [0.4, 0.5) is 0 Å². The predicted octanol–water partition coefficient (Wildman–Crippen LogP) is 6.41. The molecule has 0 aromatic heterocycles. The Balaban J connectivity index is 1.43. The third-order valence-corrected chi connectivity index (χ3v) is 11.1. The predicted molar refractivity (Wildman–Crippen MR) is 122 cm³/mol. The average molecular weight is 404 g/mol. The van der Waals surface area contributed by atoms with E-state index in [1.165, 1.54) is 77.0 Å². The van der Waals surface area contributed by atoms with E-state index < -0.39 is 0 Å². The third-order valence-electron chi connectivity index (χ3n) is 11.1. The molecule has 3 N–H and O–H groups in total. The van der Waals surface area contributed by atoms with E-state index >= 15 is 0 Å². The molecule has 0 amide bonds. The Morgan fingerprint density at radius 2 is 1.62 bits per heavy atom. The van der Waals surface area contributed by atoms with E-state index in [1.807, 2.05) is 0 Å². The monoisotopic (exact) mass is 403 g/mol.